The number of benzene rings is 9. The number of hydrogen-bond acceptors (Lipinski definition) is 12. The van der Waals surface area contributed by atoms with Crippen LogP contribution >= 0.6 is 0 Å². The monoisotopic (exact) mass is 1180 g/mol. The maximum absolute atomic E-state index is 15.3. The fourth-order valence-corrected chi connectivity index (χ4v) is 18.3. The number of hydrogen-bond donors (Lipinski definition) is 1. The summed E-state index contributed by atoms with van der Waals surface area (Å²) in [6.45, 7) is 0. The Morgan fingerprint density at radius 3 is 0.831 bits per heavy atom. The van der Waals surface area contributed by atoms with Crippen LogP contribution in [0.25, 0.3) is 64.6 Å². The van der Waals surface area contributed by atoms with E-state index in [2.05, 4.69) is 5.32 Å². The highest BCUT2D eigenvalue weighted by molar-refractivity contribution is 6.42. The summed E-state index contributed by atoms with van der Waals surface area (Å²) in [5.74, 6) is -6.90. The lowest BCUT2D eigenvalue weighted by atomic mass is 9.80. The number of fused-ring (bicyclic) bond motifs is 3. The number of rotatable bonds is 5. The molecule has 1 N–H and O–H groups in total. The summed E-state index contributed by atoms with van der Waals surface area (Å²) in [7, 11) is 0. The highest BCUT2D eigenvalue weighted by Gasteiger charge is 2.63. The van der Waals surface area contributed by atoms with Crippen LogP contribution in [0.5, 0.6) is 0 Å². The zero-order valence-electron chi connectivity index (χ0n) is 47.5. The topological polar surface area (TPSA) is 233 Å². The number of amides is 12. The second kappa shape index (κ2) is 17.0. The molecule has 0 spiro atoms. The van der Waals surface area contributed by atoms with Crippen molar-refractivity contribution in [3.63, 3.8) is 0 Å². The average molecular weight is 1180 g/mol. The fourth-order valence-electron chi connectivity index (χ4n) is 18.3. The molecular weight excluding hydrogens is 1130 g/mol. The Bertz CT molecular complexity index is 4920. The zero-order valence-corrected chi connectivity index (χ0v) is 47.5. The number of nitrogens with one attached hydrogen (secondary N) is 1. The summed E-state index contributed by atoms with van der Waals surface area (Å²) in [6, 6.07) is 22.4. The van der Waals surface area contributed by atoms with Gasteiger partial charge in [0.2, 0.25) is 0 Å². The first-order valence-corrected chi connectivity index (χ1v) is 30.8. The van der Waals surface area contributed by atoms with Gasteiger partial charge in [-0.3, -0.25) is 87.4 Å². The molecule has 0 aromatic heterocycles. The lowest BCUT2D eigenvalue weighted by Gasteiger charge is -2.46. The van der Waals surface area contributed by atoms with Crippen LogP contribution in [0.2, 0.25) is 0 Å². The van der Waals surface area contributed by atoms with Crippen LogP contribution in [0.1, 0.15) is 208 Å². The van der Waals surface area contributed by atoms with Gasteiger partial charge in [0.25, 0.3) is 70.9 Å². The molecule has 12 amide bonds. The van der Waals surface area contributed by atoms with E-state index in [0.717, 1.165) is 73.7 Å². The Morgan fingerprint density at radius 2 is 0.528 bits per heavy atom. The van der Waals surface area contributed by atoms with E-state index in [9.17, 15) is 28.8 Å². The minimum absolute atomic E-state index is 0.0486. The lowest BCUT2D eigenvalue weighted by Crippen LogP contribution is -2.61. The van der Waals surface area contributed by atoms with Crippen LogP contribution < -0.4 is 5.32 Å². The van der Waals surface area contributed by atoms with Crippen LogP contribution in [-0.2, 0) is 0 Å². The van der Waals surface area contributed by atoms with Crippen molar-refractivity contribution < 1.29 is 57.5 Å². The third-order valence-electron chi connectivity index (χ3n) is 22.2. The molecule has 10 aliphatic rings. The lowest BCUT2D eigenvalue weighted by molar-refractivity contribution is 0.0238. The van der Waals surface area contributed by atoms with Crippen molar-refractivity contribution in [1.29, 1.82) is 0 Å². The predicted molar refractivity (Wildman–Crippen MR) is 321 cm³/mol. The largest absolute Gasteiger partial charge is 0.288 e. The third kappa shape index (κ3) is 6.06. The zero-order chi connectivity index (χ0) is 60.3. The maximum atomic E-state index is 15.3. The van der Waals surface area contributed by atoms with Gasteiger partial charge >= 0.3 is 0 Å². The minimum atomic E-state index is -0.980. The molecule has 19 rings (SSSR count). The van der Waals surface area contributed by atoms with Crippen molar-refractivity contribution in [3.05, 3.63) is 164 Å². The molecule has 6 heterocycles. The van der Waals surface area contributed by atoms with E-state index in [1.165, 1.54) is 53.4 Å². The van der Waals surface area contributed by atoms with Crippen LogP contribution in [0.3, 0.4) is 0 Å². The van der Waals surface area contributed by atoms with E-state index in [1.54, 1.807) is 17.0 Å². The van der Waals surface area contributed by atoms with Gasteiger partial charge in [0, 0.05) is 99.1 Å². The van der Waals surface area contributed by atoms with Gasteiger partial charge in [0.15, 0.2) is 0 Å². The Hall–Kier alpha value is -10.4. The molecule has 18 heteroatoms. The molecule has 18 nitrogen and oxygen atoms in total. The quantitative estimate of drug-likeness (QED) is 0.0963. The first-order chi connectivity index (χ1) is 43.2. The van der Waals surface area contributed by atoms with Gasteiger partial charge in [0.05, 0.1) is 29.7 Å². The number of carbonyl (C=O) groups excluding carboxylic acids is 12. The Morgan fingerprint density at radius 1 is 0.281 bits per heavy atom. The normalized spacial score (nSPS) is 25.3. The van der Waals surface area contributed by atoms with Crippen LogP contribution in [0.4, 0.5) is 0 Å². The minimum Gasteiger partial charge on any atom is -0.288 e. The summed E-state index contributed by atoms with van der Waals surface area (Å²) >= 11 is 0. The standard InChI is InChI=1S/C71H48N6O12/c78-59-35-16-22-39-55-40(23-17-36(53(35)55)60(79)72-59)64(83)74(63(39)82)48-9-2-4-11-50(48)76-67(86)43-26-24-41-56-42(25-27-44(57(43)56)68(76)87)66(85)75(65(41)84)49-10-3-1-8-47(49)73-61(80)37-18-12-31-33-14-20-45-58-46(70(89)77(69(45)88)71-28-6-5-7-30(71)29-71)21-15-34(52(33)58)32-13-19-38(62(73)81)54(37)51(31)32/h12-27,30,47-50H,1-11,28-29H2,(H,72,78,79)/t30?,47?,48-,49-,50?,71-/m0/s1. The van der Waals surface area contributed by atoms with Crippen LogP contribution in [0, 0.1) is 5.92 Å². The number of carbonyl (C=O) groups is 12. The van der Waals surface area contributed by atoms with Gasteiger partial charge in [-0.15, -0.1) is 0 Å². The first kappa shape index (κ1) is 50.8. The predicted octanol–water partition coefficient (Wildman–Crippen LogP) is 10.3. The van der Waals surface area contributed by atoms with Gasteiger partial charge in [-0.2, -0.15) is 0 Å². The Labute approximate surface area is 503 Å². The summed E-state index contributed by atoms with van der Waals surface area (Å²) in [5.41, 5.74) is 1.83. The molecule has 0 saturated heterocycles. The molecular formula is C71H48N6O12. The Balaban J connectivity index is 0.645. The summed E-state index contributed by atoms with van der Waals surface area (Å²) in [6.07, 6.45) is 8.13. The van der Waals surface area contributed by atoms with Gasteiger partial charge in [0.1, 0.15) is 0 Å². The van der Waals surface area contributed by atoms with Gasteiger partial charge in [-0.05, 0) is 156 Å². The van der Waals surface area contributed by atoms with Crippen molar-refractivity contribution in [2.75, 3.05) is 0 Å². The summed E-state index contributed by atoms with van der Waals surface area (Å²) < 4.78 is 0. The van der Waals surface area contributed by atoms with Crippen molar-refractivity contribution in [3.8, 4) is 0 Å². The molecule has 89 heavy (non-hydrogen) atoms. The molecule has 4 fully saturated rings. The van der Waals surface area contributed by atoms with Crippen LogP contribution in [-0.4, -0.2) is 125 Å². The molecule has 3 unspecified atom stereocenters. The van der Waals surface area contributed by atoms with Crippen molar-refractivity contribution in [2.24, 2.45) is 5.92 Å². The second-order valence-corrected chi connectivity index (χ2v) is 26.0. The molecule has 0 radical (unpaired) electrons. The highest BCUT2D eigenvalue weighted by Crippen LogP contribution is 2.60. The van der Waals surface area contributed by atoms with E-state index >= 15 is 28.8 Å². The average Bonchev–Trinajstić information content (AvgIpc) is 1.67. The smallest absolute Gasteiger partial charge is 0.261 e. The van der Waals surface area contributed by atoms with E-state index in [1.807, 2.05) is 36.4 Å². The molecule has 0 bridgehead atoms. The fraction of sp³-hybridized carbons (Fsp3) is 0.268. The molecule has 4 aliphatic carbocycles. The van der Waals surface area contributed by atoms with Crippen LogP contribution in [0.15, 0.2) is 97.1 Å². The highest BCUT2D eigenvalue weighted by atomic mass is 16.2. The van der Waals surface area contributed by atoms with Crippen molar-refractivity contribution in [2.45, 2.75) is 113 Å². The molecule has 9 aromatic rings. The van der Waals surface area contributed by atoms with Gasteiger partial charge in [-0.25, -0.2) is 0 Å². The number of nitrogens with zero attached hydrogens (tertiary/aromatic N) is 5. The number of imide groups is 6. The Kier molecular flexibility index (Phi) is 9.71. The van der Waals surface area contributed by atoms with E-state index in [4.69, 9.17) is 0 Å². The molecule has 6 atom stereocenters. The maximum Gasteiger partial charge on any atom is 0.261 e. The molecule has 434 valence electrons. The third-order valence-corrected chi connectivity index (χ3v) is 22.2. The second-order valence-electron chi connectivity index (χ2n) is 26.0. The summed E-state index contributed by atoms with van der Waals surface area (Å²) in [4.78, 5) is 182. The van der Waals surface area contributed by atoms with Gasteiger partial charge < -0.3 is 0 Å². The van der Waals surface area contributed by atoms with Crippen molar-refractivity contribution in [1.82, 2.24) is 29.8 Å². The molecule has 9 aromatic carbocycles. The molecule has 6 aliphatic heterocycles. The summed E-state index contributed by atoms with van der Waals surface area (Å²) in [5, 5.41) is 8.58. The molecule has 4 saturated carbocycles. The van der Waals surface area contributed by atoms with Gasteiger partial charge in [-0.1, -0.05) is 62.8 Å². The van der Waals surface area contributed by atoms with E-state index in [-0.39, 0.29) is 108 Å². The van der Waals surface area contributed by atoms with E-state index < -0.39 is 88.8 Å². The SMILES string of the molecule is O=C1NC(=O)c2ccc3c4c(ccc1c24)C(=O)N([C@H]1CCCCC1N1C(=O)c2ccc4c5c(ccc(c25)C1=O)C(=O)N([C@H]1CCCCC1N1C(=O)c2ccc5c6ccc7c8c(ccc(c9ccc(c2c59)C1=O)c86)C(=O)N([C@]12CCCCC1C2)C7=O)C4=O)C3=O. The van der Waals surface area contributed by atoms with Crippen molar-refractivity contribution >= 4 is 136 Å². The van der Waals surface area contributed by atoms with E-state index in [0.29, 0.717) is 65.3 Å². The first-order valence-electron chi connectivity index (χ1n) is 30.8.